The quantitative estimate of drug-likeness (QED) is 0.335. The second-order valence-corrected chi connectivity index (χ2v) is 8.87. The fraction of sp³-hybridized carbons (Fsp3) is 0.348. The van der Waals surface area contributed by atoms with Crippen LogP contribution < -0.4 is 11.5 Å². The van der Waals surface area contributed by atoms with Crippen LogP contribution in [0.25, 0.3) is 21.9 Å². The molecule has 0 amide bonds. The molecule has 1 fully saturated rings. The minimum Gasteiger partial charge on any atom is -0.383 e. The average molecular weight is 488 g/mol. The summed E-state index contributed by atoms with van der Waals surface area (Å²) in [6.45, 7) is 0. The third-order valence-corrected chi connectivity index (χ3v) is 6.82. The van der Waals surface area contributed by atoms with E-state index in [0.29, 0.717) is 12.0 Å². The van der Waals surface area contributed by atoms with Crippen molar-refractivity contribution in [2.24, 2.45) is 5.92 Å². The van der Waals surface area contributed by atoms with E-state index in [1.54, 1.807) is 6.07 Å². The number of benzene rings is 1. The van der Waals surface area contributed by atoms with Gasteiger partial charge in [-0.1, -0.05) is 0 Å². The van der Waals surface area contributed by atoms with E-state index in [0.717, 1.165) is 23.2 Å². The SMILES string of the molecule is CO[C@@H]1[C@H](Cc2cc(F)c3cc(F)c(N)nc3c2)CC[C@]1(O)[C@@H](O)n1cc(F)c2c(N)ncnc21. The smallest absolute Gasteiger partial charge is 0.165 e. The number of fused-ring (bicyclic) bond motifs is 2. The summed E-state index contributed by atoms with van der Waals surface area (Å²) in [5, 5.41) is 22.6. The second kappa shape index (κ2) is 8.33. The van der Waals surface area contributed by atoms with Gasteiger partial charge in [0.05, 0.1) is 17.0 Å². The van der Waals surface area contributed by atoms with Gasteiger partial charge in [0, 0.05) is 18.7 Å². The molecule has 1 aliphatic carbocycles. The van der Waals surface area contributed by atoms with Crippen molar-refractivity contribution in [2.45, 2.75) is 37.2 Å². The lowest BCUT2D eigenvalue weighted by Gasteiger charge is -2.36. The van der Waals surface area contributed by atoms with E-state index in [4.69, 9.17) is 16.2 Å². The van der Waals surface area contributed by atoms with Crippen molar-refractivity contribution < 1.29 is 28.1 Å². The average Bonchev–Trinajstić information content (AvgIpc) is 3.32. The first-order valence-electron chi connectivity index (χ1n) is 10.9. The fourth-order valence-electron chi connectivity index (χ4n) is 5.19. The Morgan fingerprint density at radius 3 is 2.66 bits per heavy atom. The van der Waals surface area contributed by atoms with Crippen LogP contribution in [0.4, 0.5) is 24.8 Å². The van der Waals surface area contributed by atoms with Crippen LogP contribution in [0.15, 0.2) is 30.7 Å². The third kappa shape index (κ3) is 3.65. The van der Waals surface area contributed by atoms with E-state index in [9.17, 15) is 23.4 Å². The fourth-order valence-corrected chi connectivity index (χ4v) is 5.19. The van der Waals surface area contributed by atoms with Crippen molar-refractivity contribution in [3.63, 3.8) is 0 Å². The number of pyridine rings is 1. The van der Waals surface area contributed by atoms with Crippen LogP contribution in [0.1, 0.15) is 24.6 Å². The number of nitrogens with two attached hydrogens (primary N) is 2. The van der Waals surface area contributed by atoms with Gasteiger partial charge in [-0.05, 0) is 48.9 Å². The Morgan fingerprint density at radius 1 is 1.14 bits per heavy atom. The number of anilines is 2. The van der Waals surface area contributed by atoms with E-state index >= 15 is 0 Å². The highest BCUT2D eigenvalue weighted by atomic mass is 19.1. The van der Waals surface area contributed by atoms with Crippen LogP contribution in [0.5, 0.6) is 0 Å². The molecular weight excluding hydrogens is 465 g/mol. The summed E-state index contributed by atoms with van der Waals surface area (Å²) in [4.78, 5) is 11.7. The van der Waals surface area contributed by atoms with Gasteiger partial charge < -0.3 is 31.0 Å². The molecule has 0 spiro atoms. The van der Waals surface area contributed by atoms with Crippen LogP contribution in [-0.2, 0) is 11.2 Å². The number of hydrogen-bond acceptors (Lipinski definition) is 8. The molecule has 3 heterocycles. The molecule has 4 aromatic rings. The van der Waals surface area contributed by atoms with Gasteiger partial charge in [-0.25, -0.2) is 28.1 Å². The van der Waals surface area contributed by atoms with Crippen LogP contribution in [0, 0.1) is 23.4 Å². The van der Waals surface area contributed by atoms with E-state index in [1.807, 2.05) is 0 Å². The maximum absolute atomic E-state index is 14.7. The highest BCUT2D eigenvalue weighted by molar-refractivity contribution is 5.87. The number of rotatable bonds is 5. The summed E-state index contributed by atoms with van der Waals surface area (Å²) >= 11 is 0. The molecule has 6 N–H and O–H groups in total. The number of nitrogens with zero attached hydrogens (tertiary/aromatic N) is 4. The molecule has 35 heavy (non-hydrogen) atoms. The first-order chi connectivity index (χ1) is 16.6. The molecule has 9 nitrogen and oxygen atoms in total. The summed E-state index contributed by atoms with van der Waals surface area (Å²) in [6.07, 6.45) is 0.451. The number of aliphatic hydroxyl groups excluding tert-OH is 1. The van der Waals surface area contributed by atoms with E-state index in [-0.39, 0.29) is 52.3 Å². The van der Waals surface area contributed by atoms with Crippen molar-refractivity contribution in [3.05, 3.63) is 53.7 Å². The Kier molecular flexibility index (Phi) is 5.54. The maximum atomic E-state index is 14.7. The standard InChI is InChI=1S/C23H23F3N6O3/c1-35-18-11(4-10-5-13(24)12-7-14(25)19(27)31-16(12)6-10)2-3-23(18,34)22(33)32-8-15(26)17-20(28)29-9-30-21(17)32/h5-9,11,18,22,33-34H,2-4H2,1H3,(H2,27,31)(H2,28,29,30)/t11-,18+,22+,23+/m0/s1. The zero-order valence-electron chi connectivity index (χ0n) is 18.6. The molecule has 4 atom stereocenters. The third-order valence-electron chi connectivity index (χ3n) is 6.82. The van der Waals surface area contributed by atoms with Gasteiger partial charge >= 0.3 is 0 Å². The molecule has 5 rings (SSSR count). The van der Waals surface area contributed by atoms with Crippen molar-refractivity contribution in [1.82, 2.24) is 19.5 Å². The van der Waals surface area contributed by atoms with Gasteiger partial charge in [-0.2, -0.15) is 0 Å². The summed E-state index contributed by atoms with van der Waals surface area (Å²) < 4.78 is 49.6. The molecule has 0 radical (unpaired) electrons. The number of nitrogen functional groups attached to an aromatic ring is 2. The Bertz CT molecular complexity index is 1450. The number of methoxy groups -OCH3 is 1. The van der Waals surface area contributed by atoms with Crippen LogP contribution >= 0.6 is 0 Å². The molecule has 1 saturated carbocycles. The Hall–Kier alpha value is -3.48. The highest BCUT2D eigenvalue weighted by Crippen LogP contribution is 2.45. The summed E-state index contributed by atoms with van der Waals surface area (Å²) in [7, 11) is 1.39. The monoisotopic (exact) mass is 488 g/mol. The Balaban J connectivity index is 1.46. The number of aromatic nitrogens is 4. The molecule has 1 aliphatic rings. The number of hydrogen-bond donors (Lipinski definition) is 4. The van der Waals surface area contributed by atoms with Crippen LogP contribution in [0.2, 0.25) is 0 Å². The Morgan fingerprint density at radius 2 is 1.91 bits per heavy atom. The van der Waals surface area contributed by atoms with E-state index in [1.165, 1.54) is 13.2 Å². The molecule has 184 valence electrons. The van der Waals surface area contributed by atoms with Crippen molar-refractivity contribution in [1.29, 1.82) is 0 Å². The van der Waals surface area contributed by atoms with Gasteiger partial charge in [-0.15, -0.1) is 0 Å². The zero-order valence-corrected chi connectivity index (χ0v) is 18.6. The predicted molar refractivity (Wildman–Crippen MR) is 121 cm³/mol. The minimum atomic E-state index is -1.81. The normalized spacial score (nSPS) is 23.4. The molecule has 1 aromatic carbocycles. The summed E-state index contributed by atoms with van der Waals surface area (Å²) in [6, 6.07) is 3.87. The van der Waals surface area contributed by atoms with E-state index in [2.05, 4.69) is 15.0 Å². The van der Waals surface area contributed by atoms with Gasteiger partial charge in [0.1, 0.15) is 23.6 Å². The van der Waals surface area contributed by atoms with Crippen LogP contribution in [-0.4, -0.2) is 48.5 Å². The lowest BCUT2D eigenvalue weighted by atomic mass is 9.90. The van der Waals surface area contributed by atoms with Crippen LogP contribution in [0.3, 0.4) is 0 Å². The lowest BCUT2D eigenvalue weighted by molar-refractivity contribution is -0.174. The maximum Gasteiger partial charge on any atom is 0.165 e. The highest BCUT2D eigenvalue weighted by Gasteiger charge is 2.53. The largest absolute Gasteiger partial charge is 0.383 e. The topological polar surface area (TPSA) is 145 Å². The Labute approximate surface area is 197 Å². The van der Waals surface area contributed by atoms with Gasteiger partial charge in [0.15, 0.2) is 29.3 Å². The van der Waals surface area contributed by atoms with Gasteiger partial charge in [0.2, 0.25) is 0 Å². The predicted octanol–water partition coefficient (Wildman–Crippen LogP) is 2.45. The first-order valence-corrected chi connectivity index (χ1v) is 10.9. The van der Waals surface area contributed by atoms with Gasteiger partial charge in [-0.3, -0.25) is 0 Å². The lowest BCUT2D eigenvalue weighted by Crippen LogP contribution is -2.49. The van der Waals surface area contributed by atoms with Gasteiger partial charge in [0.25, 0.3) is 0 Å². The molecule has 3 aromatic heterocycles. The molecular formula is C23H23F3N6O3. The summed E-state index contributed by atoms with van der Waals surface area (Å²) in [5.41, 5.74) is 10.2. The van der Waals surface area contributed by atoms with Crippen molar-refractivity contribution in [2.75, 3.05) is 18.6 Å². The second-order valence-electron chi connectivity index (χ2n) is 8.87. The number of halogens is 3. The molecule has 12 heteroatoms. The molecule has 0 bridgehead atoms. The summed E-state index contributed by atoms with van der Waals surface area (Å²) in [5.74, 6) is -2.96. The first kappa shape index (κ1) is 23.3. The minimum absolute atomic E-state index is 0.00451. The number of ether oxygens (including phenoxy) is 1. The number of aliphatic hydroxyl groups is 2. The molecule has 0 unspecified atom stereocenters. The molecule has 0 saturated heterocycles. The van der Waals surface area contributed by atoms with Crippen molar-refractivity contribution in [3.8, 4) is 0 Å². The molecule has 0 aliphatic heterocycles. The van der Waals surface area contributed by atoms with E-state index < -0.39 is 35.4 Å². The van der Waals surface area contributed by atoms with Crippen molar-refractivity contribution >= 4 is 33.6 Å². The zero-order chi connectivity index (χ0) is 25.1.